The first-order chi connectivity index (χ1) is 8.62. The van der Waals surface area contributed by atoms with E-state index in [0.717, 1.165) is 45.3 Å². The van der Waals surface area contributed by atoms with Gasteiger partial charge in [-0.15, -0.1) is 0 Å². The molecule has 18 heavy (non-hydrogen) atoms. The van der Waals surface area contributed by atoms with Crippen molar-refractivity contribution in [3.8, 4) is 0 Å². The lowest BCUT2D eigenvalue weighted by Gasteiger charge is -2.41. The number of hydrogen-bond donors (Lipinski definition) is 2. The molecule has 0 saturated heterocycles. The van der Waals surface area contributed by atoms with E-state index in [1.807, 2.05) is 0 Å². The van der Waals surface area contributed by atoms with Crippen LogP contribution in [0.5, 0.6) is 0 Å². The molecule has 0 aromatic rings. The zero-order valence-electron chi connectivity index (χ0n) is 12.1. The van der Waals surface area contributed by atoms with Crippen LogP contribution in [0.3, 0.4) is 0 Å². The number of aliphatic hydroxyl groups is 1. The van der Waals surface area contributed by atoms with Crippen LogP contribution in [0.1, 0.15) is 46.0 Å². The van der Waals surface area contributed by atoms with Crippen molar-refractivity contribution in [3.63, 3.8) is 0 Å². The normalized spacial score (nSPS) is 28.8. The Labute approximate surface area is 111 Å². The number of rotatable bonds is 8. The molecule has 108 valence electrons. The van der Waals surface area contributed by atoms with E-state index in [9.17, 15) is 5.11 Å². The molecule has 1 aliphatic rings. The highest BCUT2D eigenvalue weighted by molar-refractivity contribution is 4.94. The Morgan fingerprint density at radius 1 is 1.39 bits per heavy atom. The van der Waals surface area contributed by atoms with Crippen molar-refractivity contribution in [2.75, 3.05) is 26.9 Å². The van der Waals surface area contributed by atoms with Crippen molar-refractivity contribution >= 4 is 0 Å². The van der Waals surface area contributed by atoms with Gasteiger partial charge in [0.2, 0.25) is 0 Å². The predicted molar refractivity (Wildman–Crippen MR) is 72.8 cm³/mol. The lowest BCUT2D eigenvalue weighted by molar-refractivity contribution is -0.0229. The molecule has 2 N–H and O–H groups in total. The SMILES string of the molecule is COCCCOC1CCCC(CO)(NC(C)C)C1. The van der Waals surface area contributed by atoms with Gasteiger partial charge in [-0.05, 0) is 32.1 Å². The minimum absolute atomic E-state index is 0.141. The Balaban J connectivity index is 2.38. The summed E-state index contributed by atoms with van der Waals surface area (Å²) >= 11 is 0. The van der Waals surface area contributed by atoms with E-state index in [1.165, 1.54) is 0 Å². The first-order valence-corrected chi connectivity index (χ1v) is 7.11. The summed E-state index contributed by atoms with van der Waals surface area (Å²) in [5.41, 5.74) is -0.141. The van der Waals surface area contributed by atoms with Crippen LogP contribution in [0.15, 0.2) is 0 Å². The van der Waals surface area contributed by atoms with Crippen molar-refractivity contribution in [1.29, 1.82) is 0 Å². The van der Waals surface area contributed by atoms with Gasteiger partial charge < -0.3 is 19.9 Å². The second-order valence-corrected chi connectivity index (χ2v) is 5.67. The van der Waals surface area contributed by atoms with E-state index in [0.29, 0.717) is 6.04 Å². The molecule has 4 heteroatoms. The van der Waals surface area contributed by atoms with E-state index in [1.54, 1.807) is 7.11 Å². The molecule has 0 aliphatic heterocycles. The lowest BCUT2D eigenvalue weighted by atomic mass is 9.80. The molecule has 4 nitrogen and oxygen atoms in total. The number of ether oxygens (including phenoxy) is 2. The Kier molecular flexibility index (Phi) is 7.15. The van der Waals surface area contributed by atoms with Crippen LogP contribution in [-0.4, -0.2) is 49.7 Å². The van der Waals surface area contributed by atoms with Gasteiger partial charge in [0, 0.05) is 31.9 Å². The smallest absolute Gasteiger partial charge is 0.0614 e. The predicted octanol–water partition coefficient (Wildman–Crippen LogP) is 1.71. The maximum Gasteiger partial charge on any atom is 0.0614 e. The number of nitrogens with one attached hydrogen (secondary N) is 1. The van der Waals surface area contributed by atoms with E-state index < -0.39 is 0 Å². The van der Waals surface area contributed by atoms with Gasteiger partial charge >= 0.3 is 0 Å². The summed E-state index contributed by atoms with van der Waals surface area (Å²) in [5.74, 6) is 0. The monoisotopic (exact) mass is 259 g/mol. The maximum atomic E-state index is 9.68. The first-order valence-electron chi connectivity index (χ1n) is 7.11. The topological polar surface area (TPSA) is 50.7 Å². The molecule has 0 aromatic heterocycles. The molecule has 0 spiro atoms. The third-order valence-electron chi connectivity index (χ3n) is 3.54. The minimum atomic E-state index is -0.141. The van der Waals surface area contributed by atoms with Crippen LogP contribution < -0.4 is 5.32 Å². The molecule has 0 aromatic carbocycles. The Morgan fingerprint density at radius 2 is 2.17 bits per heavy atom. The first kappa shape index (κ1) is 15.9. The van der Waals surface area contributed by atoms with Gasteiger partial charge in [-0.25, -0.2) is 0 Å². The molecular formula is C14H29NO3. The van der Waals surface area contributed by atoms with Crippen molar-refractivity contribution < 1.29 is 14.6 Å². The second kappa shape index (κ2) is 8.10. The quantitative estimate of drug-likeness (QED) is 0.652. The number of methoxy groups -OCH3 is 1. The molecule has 0 heterocycles. The van der Waals surface area contributed by atoms with E-state index in [-0.39, 0.29) is 18.2 Å². The zero-order valence-corrected chi connectivity index (χ0v) is 12.1. The zero-order chi connectivity index (χ0) is 13.4. The van der Waals surface area contributed by atoms with Crippen LogP contribution >= 0.6 is 0 Å². The fraction of sp³-hybridized carbons (Fsp3) is 1.00. The number of aliphatic hydroxyl groups excluding tert-OH is 1. The summed E-state index contributed by atoms with van der Waals surface area (Å²) in [4.78, 5) is 0. The molecule has 1 rings (SSSR count). The van der Waals surface area contributed by atoms with Crippen LogP contribution in [0.2, 0.25) is 0 Å². The van der Waals surface area contributed by atoms with Crippen molar-refractivity contribution in [2.24, 2.45) is 0 Å². The van der Waals surface area contributed by atoms with Crippen molar-refractivity contribution in [3.05, 3.63) is 0 Å². The summed E-state index contributed by atoms with van der Waals surface area (Å²) in [6, 6.07) is 0.393. The van der Waals surface area contributed by atoms with Gasteiger partial charge in [0.1, 0.15) is 0 Å². The van der Waals surface area contributed by atoms with E-state index >= 15 is 0 Å². The summed E-state index contributed by atoms with van der Waals surface area (Å²) in [7, 11) is 1.71. The Morgan fingerprint density at radius 3 is 2.78 bits per heavy atom. The highest BCUT2D eigenvalue weighted by Gasteiger charge is 2.36. The van der Waals surface area contributed by atoms with Gasteiger partial charge in [0.15, 0.2) is 0 Å². The Hall–Kier alpha value is -0.160. The molecule has 0 amide bonds. The number of hydrogen-bond acceptors (Lipinski definition) is 4. The van der Waals surface area contributed by atoms with Gasteiger partial charge in [-0.3, -0.25) is 0 Å². The van der Waals surface area contributed by atoms with Crippen LogP contribution in [-0.2, 0) is 9.47 Å². The average Bonchev–Trinajstić information content (AvgIpc) is 2.34. The summed E-state index contributed by atoms with van der Waals surface area (Å²) in [6.45, 7) is 5.95. The summed E-state index contributed by atoms with van der Waals surface area (Å²) in [5, 5.41) is 13.2. The standard InChI is InChI=1S/C14H29NO3/c1-12(2)15-14(11-16)7-4-6-13(10-14)18-9-5-8-17-3/h12-13,15-16H,4-11H2,1-3H3. The van der Waals surface area contributed by atoms with Gasteiger partial charge in [-0.1, -0.05) is 13.8 Å². The highest BCUT2D eigenvalue weighted by Crippen LogP contribution is 2.30. The van der Waals surface area contributed by atoms with Gasteiger partial charge in [0.05, 0.1) is 12.7 Å². The third-order valence-corrected chi connectivity index (χ3v) is 3.54. The van der Waals surface area contributed by atoms with Crippen molar-refractivity contribution in [1.82, 2.24) is 5.32 Å². The van der Waals surface area contributed by atoms with Crippen LogP contribution in [0, 0.1) is 0 Å². The minimum Gasteiger partial charge on any atom is -0.394 e. The average molecular weight is 259 g/mol. The largest absolute Gasteiger partial charge is 0.394 e. The highest BCUT2D eigenvalue weighted by atomic mass is 16.5. The molecular weight excluding hydrogens is 230 g/mol. The fourth-order valence-corrected chi connectivity index (χ4v) is 2.84. The second-order valence-electron chi connectivity index (χ2n) is 5.67. The molecule has 1 fully saturated rings. The lowest BCUT2D eigenvalue weighted by Crippen LogP contribution is -2.55. The van der Waals surface area contributed by atoms with E-state index in [2.05, 4.69) is 19.2 Å². The van der Waals surface area contributed by atoms with Gasteiger partial charge in [0.25, 0.3) is 0 Å². The molecule has 1 saturated carbocycles. The van der Waals surface area contributed by atoms with E-state index in [4.69, 9.17) is 9.47 Å². The third kappa shape index (κ3) is 5.22. The fourth-order valence-electron chi connectivity index (χ4n) is 2.84. The molecule has 2 atom stereocenters. The molecule has 0 bridgehead atoms. The molecule has 0 radical (unpaired) electrons. The molecule has 1 aliphatic carbocycles. The maximum absolute atomic E-state index is 9.68. The molecule has 2 unspecified atom stereocenters. The van der Waals surface area contributed by atoms with Crippen molar-refractivity contribution in [2.45, 2.75) is 63.6 Å². The summed E-state index contributed by atoms with van der Waals surface area (Å²) < 4.78 is 10.9. The van der Waals surface area contributed by atoms with Crippen LogP contribution in [0.4, 0.5) is 0 Å². The Bertz CT molecular complexity index is 223. The summed E-state index contributed by atoms with van der Waals surface area (Å²) in [6.07, 6.45) is 5.39. The van der Waals surface area contributed by atoms with Crippen LogP contribution in [0.25, 0.3) is 0 Å². The van der Waals surface area contributed by atoms with Gasteiger partial charge in [-0.2, -0.15) is 0 Å².